The van der Waals surface area contributed by atoms with Crippen LogP contribution in [-0.2, 0) is 4.79 Å². The number of aliphatic carboxylic acids is 1. The zero-order valence-corrected chi connectivity index (χ0v) is 9.22. The molecule has 0 atom stereocenters. The van der Waals surface area contributed by atoms with E-state index in [2.05, 4.69) is 12.2 Å². The highest BCUT2D eigenvalue weighted by Crippen LogP contribution is 2.03. The summed E-state index contributed by atoms with van der Waals surface area (Å²) < 4.78 is 0. The number of carbonyl (C=O) groups is 1. The van der Waals surface area contributed by atoms with Crippen LogP contribution in [0.2, 0.25) is 0 Å². The summed E-state index contributed by atoms with van der Waals surface area (Å²) in [6.45, 7) is 3.77. The number of carboxylic acid groups (broad SMARTS) is 1. The molecule has 0 aliphatic heterocycles. The van der Waals surface area contributed by atoms with Crippen LogP contribution in [0.1, 0.15) is 51.9 Å². The van der Waals surface area contributed by atoms with Gasteiger partial charge in [0.15, 0.2) is 0 Å². The SMILES string of the molecule is CCCCCCCCNCCC(=O)O. The third kappa shape index (κ3) is 11.4. The highest BCUT2D eigenvalue weighted by Gasteiger charge is 1.94. The number of hydrogen-bond donors (Lipinski definition) is 2. The third-order valence-electron chi connectivity index (χ3n) is 2.22. The quantitative estimate of drug-likeness (QED) is 0.534. The van der Waals surface area contributed by atoms with Gasteiger partial charge in [-0.15, -0.1) is 0 Å². The summed E-state index contributed by atoms with van der Waals surface area (Å²) in [7, 11) is 0. The van der Waals surface area contributed by atoms with E-state index in [-0.39, 0.29) is 6.42 Å². The molecule has 0 saturated carbocycles. The maximum absolute atomic E-state index is 10.2. The number of unbranched alkanes of at least 4 members (excludes halogenated alkanes) is 5. The normalized spacial score (nSPS) is 10.4. The third-order valence-corrected chi connectivity index (χ3v) is 2.22. The van der Waals surface area contributed by atoms with Gasteiger partial charge in [0.05, 0.1) is 6.42 Å². The topological polar surface area (TPSA) is 49.3 Å². The number of nitrogens with one attached hydrogen (secondary N) is 1. The molecular weight excluding hydrogens is 178 g/mol. The van der Waals surface area contributed by atoms with E-state index in [0.717, 1.165) is 6.54 Å². The Morgan fingerprint density at radius 3 is 2.36 bits per heavy atom. The molecule has 2 N–H and O–H groups in total. The van der Waals surface area contributed by atoms with Gasteiger partial charge in [-0.1, -0.05) is 39.0 Å². The summed E-state index contributed by atoms with van der Waals surface area (Å²) in [5.41, 5.74) is 0. The summed E-state index contributed by atoms with van der Waals surface area (Å²) in [5.74, 6) is -0.722. The molecule has 0 aliphatic carbocycles. The number of rotatable bonds is 10. The monoisotopic (exact) mass is 201 g/mol. The van der Waals surface area contributed by atoms with Gasteiger partial charge in [-0.25, -0.2) is 0 Å². The van der Waals surface area contributed by atoms with Crippen LogP contribution >= 0.6 is 0 Å². The minimum Gasteiger partial charge on any atom is -0.481 e. The standard InChI is InChI=1S/C11H23NO2/c1-2-3-4-5-6-7-9-12-10-8-11(13)14/h12H,2-10H2,1H3,(H,13,14). The van der Waals surface area contributed by atoms with Crippen LogP contribution in [0.25, 0.3) is 0 Å². The van der Waals surface area contributed by atoms with Gasteiger partial charge in [0, 0.05) is 6.54 Å². The van der Waals surface area contributed by atoms with E-state index in [9.17, 15) is 4.79 Å². The fourth-order valence-electron chi connectivity index (χ4n) is 1.35. The Labute approximate surface area is 86.9 Å². The Balaban J connectivity index is 2.88. The second-order valence-electron chi connectivity index (χ2n) is 3.66. The molecule has 0 spiro atoms. The fourth-order valence-corrected chi connectivity index (χ4v) is 1.35. The average molecular weight is 201 g/mol. The molecule has 0 amide bonds. The van der Waals surface area contributed by atoms with Gasteiger partial charge in [-0.05, 0) is 13.0 Å². The highest BCUT2D eigenvalue weighted by molar-refractivity contribution is 5.66. The van der Waals surface area contributed by atoms with Crippen molar-refractivity contribution < 1.29 is 9.90 Å². The molecule has 0 aliphatic rings. The van der Waals surface area contributed by atoms with Crippen molar-refractivity contribution in [3.63, 3.8) is 0 Å². The molecule has 3 heteroatoms. The summed E-state index contributed by atoms with van der Waals surface area (Å²) >= 11 is 0. The first-order valence-electron chi connectivity index (χ1n) is 5.70. The summed E-state index contributed by atoms with van der Waals surface area (Å²) in [6, 6.07) is 0. The van der Waals surface area contributed by atoms with Crippen molar-refractivity contribution in [2.24, 2.45) is 0 Å². The second-order valence-corrected chi connectivity index (χ2v) is 3.66. The molecule has 0 aromatic carbocycles. The van der Waals surface area contributed by atoms with Crippen molar-refractivity contribution in [3.05, 3.63) is 0 Å². The van der Waals surface area contributed by atoms with Gasteiger partial charge < -0.3 is 10.4 Å². The smallest absolute Gasteiger partial charge is 0.304 e. The van der Waals surface area contributed by atoms with Crippen LogP contribution in [0.3, 0.4) is 0 Å². The summed E-state index contributed by atoms with van der Waals surface area (Å²) in [6.07, 6.45) is 7.95. The molecular formula is C11H23NO2. The van der Waals surface area contributed by atoms with Gasteiger partial charge in [0.25, 0.3) is 0 Å². The Morgan fingerprint density at radius 1 is 1.07 bits per heavy atom. The van der Waals surface area contributed by atoms with Crippen LogP contribution < -0.4 is 5.32 Å². The van der Waals surface area contributed by atoms with E-state index in [1.807, 2.05) is 0 Å². The molecule has 3 nitrogen and oxygen atoms in total. The first kappa shape index (κ1) is 13.4. The first-order valence-corrected chi connectivity index (χ1v) is 5.70. The number of carboxylic acids is 1. The van der Waals surface area contributed by atoms with Gasteiger partial charge in [-0.2, -0.15) is 0 Å². The molecule has 0 aromatic heterocycles. The predicted octanol–water partition coefficient (Wildman–Crippen LogP) is 2.41. The van der Waals surface area contributed by atoms with Gasteiger partial charge in [0.2, 0.25) is 0 Å². The lowest BCUT2D eigenvalue weighted by Crippen LogP contribution is -2.19. The lowest BCUT2D eigenvalue weighted by molar-refractivity contribution is -0.136. The van der Waals surface area contributed by atoms with E-state index in [1.54, 1.807) is 0 Å². The minimum absolute atomic E-state index is 0.232. The Bertz CT molecular complexity index is 137. The molecule has 84 valence electrons. The van der Waals surface area contributed by atoms with E-state index in [4.69, 9.17) is 5.11 Å². The summed E-state index contributed by atoms with van der Waals surface area (Å²) in [4.78, 5) is 10.2. The van der Waals surface area contributed by atoms with Crippen LogP contribution in [0.15, 0.2) is 0 Å². The Hall–Kier alpha value is -0.570. The minimum atomic E-state index is -0.722. The van der Waals surface area contributed by atoms with Crippen molar-refractivity contribution in [3.8, 4) is 0 Å². The summed E-state index contributed by atoms with van der Waals surface area (Å²) in [5, 5.41) is 11.5. The van der Waals surface area contributed by atoms with Gasteiger partial charge >= 0.3 is 5.97 Å². The molecule has 0 bridgehead atoms. The van der Waals surface area contributed by atoms with Crippen molar-refractivity contribution in [2.75, 3.05) is 13.1 Å². The molecule has 0 fully saturated rings. The van der Waals surface area contributed by atoms with Gasteiger partial charge in [-0.3, -0.25) is 4.79 Å². The van der Waals surface area contributed by atoms with Crippen molar-refractivity contribution in [2.45, 2.75) is 51.9 Å². The molecule has 0 rings (SSSR count). The molecule has 0 saturated heterocycles. The van der Waals surface area contributed by atoms with Crippen LogP contribution in [0.5, 0.6) is 0 Å². The first-order chi connectivity index (χ1) is 6.77. The zero-order chi connectivity index (χ0) is 10.6. The molecule has 0 aromatic rings. The maximum atomic E-state index is 10.2. The van der Waals surface area contributed by atoms with Crippen molar-refractivity contribution in [1.29, 1.82) is 0 Å². The molecule has 0 radical (unpaired) electrons. The predicted molar refractivity (Wildman–Crippen MR) is 58.5 cm³/mol. The average Bonchev–Trinajstić information content (AvgIpc) is 2.15. The van der Waals surface area contributed by atoms with Gasteiger partial charge in [0.1, 0.15) is 0 Å². The largest absolute Gasteiger partial charge is 0.481 e. The van der Waals surface area contributed by atoms with Crippen molar-refractivity contribution in [1.82, 2.24) is 5.32 Å². The van der Waals surface area contributed by atoms with E-state index in [0.29, 0.717) is 6.54 Å². The molecule has 0 unspecified atom stereocenters. The molecule has 0 heterocycles. The highest BCUT2D eigenvalue weighted by atomic mass is 16.4. The maximum Gasteiger partial charge on any atom is 0.304 e. The van der Waals surface area contributed by atoms with Crippen LogP contribution in [0, 0.1) is 0 Å². The lowest BCUT2D eigenvalue weighted by atomic mass is 10.1. The molecule has 14 heavy (non-hydrogen) atoms. The van der Waals surface area contributed by atoms with E-state index >= 15 is 0 Å². The van der Waals surface area contributed by atoms with Crippen LogP contribution in [0.4, 0.5) is 0 Å². The second kappa shape index (κ2) is 10.5. The van der Waals surface area contributed by atoms with Crippen molar-refractivity contribution >= 4 is 5.97 Å². The zero-order valence-electron chi connectivity index (χ0n) is 9.22. The number of hydrogen-bond acceptors (Lipinski definition) is 2. The van der Waals surface area contributed by atoms with E-state index in [1.165, 1.54) is 38.5 Å². The Kier molecular flexibility index (Phi) is 10.1. The lowest BCUT2D eigenvalue weighted by Gasteiger charge is -2.02. The fraction of sp³-hybridized carbons (Fsp3) is 0.909. The van der Waals surface area contributed by atoms with E-state index < -0.39 is 5.97 Å². The Morgan fingerprint density at radius 2 is 1.71 bits per heavy atom. The van der Waals surface area contributed by atoms with Crippen LogP contribution in [-0.4, -0.2) is 24.2 Å².